The molecule has 2 aromatic heterocycles. The van der Waals surface area contributed by atoms with Crippen molar-refractivity contribution in [2.24, 2.45) is 5.73 Å². The highest BCUT2D eigenvalue weighted by Gasteiger charge is 2.19. The Morgan fingerprint density at radius 3 is 2.65 bits per heavy atom. The molecule has 2 aromatic rings. The van der Waals surface area contributed by atoms with Crippen molar-refractivity contribution in [1.82, 2.24) is 10.1 Å². The SMILES string of the molecule is Cc1sc(C(N)c2noc(C(C)C)n2)cc1Br. The number of hydrogen-bond acceptors (Lipinski definition) is 5. The monoisotopic (exact) mass is 315 g/mol. The van der Waals surface area contributed by atoms with Gasteiger partial charge in [0, 0.05) is 20.1 Å². The summed E-state index contributed by atoms with van der Waals surface area (Å²) in [6, 6.07) is 1.69. The Labute approximate surface area is 112 Å². The van der Waals surface area contributed by atoms with Crippen LogP contribution in [0.2, 0.25) is 0 Å². The van der Waals surface area contributed by atoms with E-state index in [0.29, 0.717) is 11.7 Å². The fraction of sp³-hybridized carbons (Fsp3) is 0.455. The van der Waals surface area contributed by atoms with E-state index in [9.17, 15) is 0 Å². The smallest absolute Gasteiger partial charge is 0.229 e. The second-order valence-electron chi connectivity index (χ2n) is 4.18. The van der Waals surface area contributed by atoms with Crippen molar-refractivity contribution in [3.05, 3.63) is 32.0 Å². The number of nitrogens with two attached hydrogens (primary N) is 1. The molecule has 0 bridgehead atoms. The molecule has 0 aliphatic heterocycles. The molecule has 6 heteroatoms. The molecule has 0 aliphatic carbocycles. The predicted octanol–water partition coefficient (Wildman–Crippen LogP) is 3.37. The molecule has 0 spiro atoms. The van der Waals surface area contributed by atoms with Gasteiger partial charge in [0.05, 0.1) is 0 Å². The molecule has 2 rings (SSSR count). The second kappa shape index (κ2) is 4.88. The minimum atomic E-state index is -0.318. The van der Waals surface area contributed by atoms with E-state index in [1.165, 1.54) is 4.88 Å². The molecule has 92 valence electrons. The van der Waals surface area contributed by atoms with Gasteiger partial charge in [0.15, 0.2) is 5.82 Å². The molecule has 1 unspecified atom stereocenters. The van der Waals surface area contributed by atoms with Gasteiger partial charge < -0.3 is 10.3 Å². The second-order valence-corrected chi connectivity index (χ2v) is 6.32. The van der Waals surface area contributed by atoms with Gasteiger partial charge in [-0.2, -0.15) is 4.98 Å². The summed E-state index contributed by atoms with van der Waals surface area (Å²) >= 11 is 5.12. The van der Waals surface area contributed by atoms with Gasteiger partial charge in [-0.25, -0.2) is 0 Å². The number of aryl methyl sites for hydroxylation is 1. The maximum atomic E-state index is 6.12. The Balaban J connectivity index is 2.27. The van der Waals surface area contributed by atoms with Crippen molar-refractivity contribution in [1.29, 1.82) is 0 Å². The molecule has 0 fully saturated rings. The first kappa shape index (κ1) is 12.7. The highest BCUT2D eigenvalue weighted by atomic mass is 79.9. The fourth-order valence-corrected chi connectivity index (χ4v) is 2.93. The van der Waals surface area contributed by atoms with Crippen LogP contribution in [0, 0.1) is 6.92 Å². The summed E-state index contributed by atoms with van der Waals surface area (Å²) in [6.07, 6.45) is 0. The molecule has 2 N–H and O–H groups in total. The molecule has 1 atom stereocenters. The minimum Gasteiger partial charge on any atom is -0.339 e. The van der Waals surface area contributed by atoms with Gasteiger partial charge in [-0.3, -0.25) is 0 Å². The van der Waals surface area contributed by atoms with Crippen LogP contribution in [-0.4, -0.2) is 10.1 Å². The summed E-state index contributed by atoms with van der Waals surface area (Å²) in [4.78, 5) is 6.54. The number of rotatable bonds is 3. The molecule has 0 aromatic carbocycles. The molecule has 0 saturated carbocycles. The van der Waals surface area contributed by atoms with Crippen molar-refractivity contribution in [2.75, 3.05) is 0 Å². The summed E-state index contributed by atoms with van der Waals surface area (Å²) < 4.78 is 6.23. The maximum absolute atomic E-state index is 6.12. The third kappa shape index (κ3) is 2.59. The summed E-state index contributed by atoms with van der Waals surface area (Å²) in [5.74, 6) is 1.39. The van der Waals surface area contributed by atoms with Gasteiger partial charge in [0.2, 0.25) is 5.89 Å². The molecular formula is C11H14BrN3OS. The van der Waals surface area contributed by atoms with Gasteiger partial charge in [-0.05, 0) is 28.9 Å². The van der Waals surface area contributed by atoms with E-state index in [1.54, 1.807) is 11.3 Å². The lowest BCUT2D eigenvalue weighted by Gasteiger charge is -2.02. The zero-order chi connectivity index (χ0) is 12.6. The molecule has 17 heavy (non-hydrogen) atoms. The van der Waals surface area contributed by atoms with Crippen LogP contribution < -0.4 is 5.73 Å². The van der Waals surface area contributed by atoms with E-state index < -0.39 is 0 Å². The number of halogens is 1. The largest absolute Gasteiger partial charge is 0.339 e. The van der Waals surface area contributed by atoms with E-state index in [2.05, 4.69) is 26.1 Å². The van der Waals surface area contributed by atoms with E-state index in [0.717, 1.165) is 9.35 Å². The van der Waals surface area contributed by atoms with Crippen molar-refractivity contribution >= 4 is 27.3 Å². The van der Waals surface area contributed by atoms with E-state index in [4.69, 9.17) is 10.3 Å². The first-order valence-corrected chi connectivity index (χ1v) is 6.95. The molecule has 2 heterocycles. The number of aromatic nitrogens is 2. The molecule has 0 aliphatic rings. The molecule has 0 saturated heterocycles. The number of thiophene rings is 1. The normalized spacial score (nSPS) is 13.3. The van der Waals surface area contributed by atoms with Crippen LogP contribution in [0.3, 0.4) is 0 Å². The van der Waals surface area contributed by atoms with Crippen LogP contribution in [0.25, 0.3) is 0 Å². The van der Waals surface area contributed by atoms with Gasteiger partial charge in [-0.1, -0.05) is 19.0 Å². The summed E-state index contributed by atoms with van der Waals surface area (Å²) in [7, 11) is 0. The third-order valence-corrected chi connectivity index (χ3v) is 4.63. The average molecular weight is 316 g/mol. The summed E-state index contributed by atoms with van der Waals surface area (Å²) in [5.41, 5.74) is 6.12. The highest BCUT2D eigenvalue weighted by Crippen LogP contribution is 2.31. The molecule has 0 amide bonds. The Morgan fingerprint density at radius 2 is 2.18 bits per heavy atom. The van der Waals surface area contributed by atoms with Gasteiger partial charge >= 0.3 is 0 Å². The zero-order valence-electron chi connectivity index (χ0n) is 9.90. The minimum absolute atomic E-state index is 0.222. The van der Waals surface area contributed by atoms with Gasteiger partial charge in [0.25, 0.3) is 0 Å². The van der Waals surface area contributed by atoms with Crippen molar-refractivity contribution in [3.63, 3.8) is 0 Å². The van der Waals surface area contributed by atoms with Crippen molar-refractivity contribution < 1.29 is 4.52 Å². The Bertz CT molecular complexity index is 501. The highest BCUT2D eigenvalue weighted by molar-refractivity contribution is 9.10. The van der Waals surface area contributed by atoms with E-state index >= 15 is 0 Å². The maximum Gasteiger partial charge on any atom is 0.229 e. The predicted molar refractivity (Wildman–Crippen MR) is 71.2 cm³/mol. The lowest BCUT2D eigenvalue weighted by atomic mass is 10.2. The van der Waals surface area contributed by atoms with Crippen molar-refractivity contribution in [2.45, 2.75) is 32.7 Å². The van der Waals surface area contributed by atoms with Gasteiger partial charge in [0.1, 0.15) is 6.04 Å². The summed E-state index contributed by atoms with van der Waals surface area (Å²) in [6.45, 7) is 6.06. The molecule has 4 nitrogen and oxygen atoms in total. The van der Waals surface area contributed by atoms with Crippen molar-refractivity contribution in [3.8, 4) is 0 Å². The Morgan fingerprint density at radius 1 is 1.47 bits per heavy atom. The summed E-state index contributed by atoms with van der Waals surface area (Å²) in [5, 5.41) is 3.93. The van der Waals surface area contributed by atoms with E-state index in [1.807, 2.05) is 26.8 Å². The Kier molecular flexibility index (Phi) is 3.65. The number of nitrogens with zero attached hydrogens (tertiary/aromatic N) is 2. The quantitative estimate of drug-likeness (QED) is 0.943. The van der Waals surface area contributed by atoms with Crippen LogP contribution >= 0.6 is 27.3 Å². The number of hydrogen-bond donors (Lipinski definition) is 1. The fourth-order valence-electron chi connectivity index (χ4n) is 1.37. The van der Waals surface area contributed by atoms with Crippen LogP contribution in [0.1, 0.15) is 47.3 Å². The van der Waals surface area contributed by atoms with Crippen LogP contribution in [-0.2, 0) is 0 Å². The van der Waals surface area contributed by atoms with Gasteiger partial charge in [-0.15, -0.1) is 11.3 Å². The molecular weight excluding hydrogens is 302 g/mol. The first-order valence-electron chi connectivity index (χ1n) is 5.34. The molecule has 0 radical (unpaired) electrons. The van der Waals surface area contributed by atoms with Crippen LogP contribution in [0.15, 0.2) is 15.1 Å². The standard InChI is InChI=1S/C11H14BrN3OS/c1-5(2)11-14-10(15-16-11)9(13)8-4-7(12)6(3)17-8/h4-5,9H,13H2,1-3H3. The Hall–Kier alpha value is -0.720. The topological polar surface area (TPSA) is 64.9 Å². The van der Waals surface area contributed by atoms with Crippen LogP contribution in [0.5, 0.6) is 0 Å². The lowest BCUT2D eigenvalue weighted by Crippen LogP contribution is -2.12. The average Bonchev–Trinajstić information content (AvgIpc) is 2.86. The van der Waals surface area contributed by atoms with E-state index in [-0.39, 0.29) is 12.0 Å². The lowest BCUT2D eigenvalue weighted by molar-refractivity contribution is 0.359. The zero-order valence-corrected chi connectivity index (χ0v) is 12.3. The first-order chi connectivity index (χ1) is 7.99. The third-order valence-electron chi connectivity index (χ3n) is 2.41. The van der Waals surface area contributed by atoms with Crippen LogP contribution in [0.4, 0.5) is 0 Å².